The van der Waals surface area contributed by atoms with Gasteiger partial charge in [-0.15, -0.1) is 11.3 Å². The molecule has 0 saturated heterocycles. The van der Waals surface area contributed by atoms with Crippen LogP contribution in [0.4, 0.5) is 5.00 Å². The van der Waals surface area contributed by atoms with Crippen LogP contribution in [0.2, 0.25) is 0 Å². The number of hydrogen-bond acceptors (Lipinski definition) is 8. The minimum atomic E-state index is -3.50. The SMILES string of the molecule is CCOc1cc(C(CS(C)(=O)=O)NC(=O)c2c(N)sc(C)c2C(=O)O)ccc1OC. The molecule has 0 aliphatic rings. The minimum absolute atomic E-state index is 0.0465. The van der Waals surface area contributed by atoms with Gasteiger partial charge in [0.05, 0.1) is 41.6 Å². The molecule has 2 rings (SSSR count). The standard InChI is InChI=1S/C19H24N2O7S2/c1-5-28-14-8-11(6-7-13(14)27-3)12(9-30(4,25)26)21-18(22)16-15(19(23)24)10(2)29-17(16)20/h6-8,12H,5,9,20H2,1-4H3,(H,21,22)(H,23,24). The normalized spacial score (nSPS) is 12.3. The fraction of sp³-hybridized carbons (Fsp3) is 0.368. The highest BCUT2D eigenvalue weighted by molar-refractivity contribution is 7.90. The lowest BCUT2D eigenvalue weighted by Crippen LogP contribution is -2.34. The largest absolute Gasteiger partial charge is 0.493 e. The Bertz CT molecular complexity index is 1060. The molecule has 1 heterocycles. The number of aromatic carboxylic acids is 1. The second kappa shape index (κ2) is 9.35. The molecule has 1 atom stereocenters. The number of sulfone groups is 1. The molecule has 0 bridgehead atoms. The second-order valence-corrected chi connectivity index (χ2v) is 9.98. The third kappa shape index (κ3) is 5.42. The lowest BCUT2D eigenvalue weighted by molar-refractivity contribution is 0.0690. The van der Waals surface area contributed by atoms with E-state index in [1.807, 2.05) is 0 Å². The minimum Gasteiger partial charge on any atom is -0.493 e. The van der Waals surface area contributed by atoms with Gasteiger partial charge in [-0.2, -0.15) is 0 Å². The average Bonchev–Trinajstić information content (AvgIpc) is 2.94. The van der Waals surface area contributed by atoms with E-state index in [1.54, 1.807) is 32.0 Å². The van der Waals surface area contributed by atoms with Crippen molar-refractivity contribution in [3.63, 3.8) is 0 Å². The van der Waals surface area contributed by atoms with E-state index in [0.29, 0.717) is 28.5 Å². The van der Waals surface area contributed by atoms with E-state index in [9.17, 15) is 23.1 Å². The molecule has 1 aromatic carbocycles. The summed E-state index contributed by atoms with van der Waals surface area (Å²) < 4.78 is 34.7. The van der Waals surface area contributed by atoms with Gasteiger partial charge in [0.2, 0.25) is 0 Å². The Morgan fingerprint density at radius 3 is 2.47 bits per heavy atom. The summed E-state index contributed by atoms with van der Waals surface area (Å²) in [6, 6.07) is 3.84. The predicted octanol–water partition coefficient (Wildman–Crippen LogP) is 2.26. The first-order valence-corrected chi connectivity index (χ1v) is 11.8. The summed E-state index contributed by atoms with van der Waals surface area (Å²) in [5.41, 5.74) is 5.95. The Balaban J connectivity index is 2.48. The summed E-state index contributed by atoms with van der Waals surface area (Å²) in [5, 5.41) is 12.1. The highest BCUT2D eigenvalue weighted by atomic mass is 32.2. The number of carbonyl (C=O) groups excluding carboxylic acids is 1. The topological polar surface area (TPSA) is 145 Å². The van der Waals surface area contributed by atoms with Crippen molar-refractivity contribution in [3.05, 3.63) is 39.8 Å². The van der Waals surface area contributed by atoms with Gasteiger partial charge in [-0.05, 0) is 31.5 Å². The summed E-state index contributed by atoms with van der Waals surface area (Å²) in [6.07, 6.45) is 1.05. The van der Waals surface area contributed by atoms with E-state index in [0.717, 1.165) is 17.6 Å². The summed E-state index contributed by atoms with van der Waals surface area (Å²) in [5.74, 6) is -1.61. The van der Waals surface area contributed by atoms with Gasteiger partial charge >= 0.3 is 5.97 Å². The summed E-state index contributed by atoms with van der Waals surface area (Å²) in [6.45, 7) is 3.69. The third-order valence-corrected chi connectivity index (χ3v) is 6.09. The van der Waals surface area contributed by atoms with Crippen LogP contribution in [0.1, 0.15) is 44.1 Å². The van der Waals surface area contributed by atoms with Crippen molar-refractivity contribution in [2.75, 3.05) is 31.5 Å². The van der Waals surface area contributed by atoms with Crippen LogP contribution in [-0.4, -0.2) is 51.1 Å². The number of rotatable bonds is 9. The molecule has 2 aromatic rings. The van der Waals surface area contributed by atoms with Crippen molar-refractivity contribution >= 4 is 38.1 Å². The monoisotopic (exact) mass is 456 g/mol. The molecule has 9 nitrogen and oxygen atoms in total. The van der Waals surface area contributed by atoms with E-state index in [4.69, 9.17) is 15.2 Å². The smallest absolute Gasteiger partial charge is 0.337 e. The first-order chi connectivity index (χ1) is 14.0. The van der Waals surface area contributed by atoms with Gasteiger partial charge in [-0.3, -0.25) is 4.79 Å². The quantitative estimate of drug-likeness (QED) is 0.521. The number of nitrogens with two attached hydrogens (primary N) is 1. The number of carbonyl (C=O) groups is 2. The van der Waals surface area contributed by atoms with Crippen molar-refractivity contribution in [2.45, 2.75) is 19.9 Å². The fourth-order valence-corrected chi connectivity index (χ4v) is 4.78. The number of nitrogens with one attached hydrogen (secondary N) is 1. The Labute approximate surface area is 178 Å². The van der Waals surface area contributed by atoms with Crippen LogP contribution < -0.4 is 20.5 Å². The molecule has 1 unspecified atom stereocenters. The van der Waals surface area contributed by atoms with Crippen LogP contribution in [0.15, 0.2) is 18.2 Å². The Morgan fingerprint density at radius 1 is 1.27 bits per heavy atom. The van der Waals surface area contributed by atoms with E-state index in [2.05, 4.69) is 5.32 Å². The molecule has 0 fully saturated rings. The molecule has 0 saturated carbocycles. The van der Waals surface area contributed by atoms with Crippen LogP contribution in [0.25, 0.3) is 0 Å². The molecule has 0 aliphatic carbocycles. The highest BCUT2D eigenvalue weighted by Crippen LogP contribution is 2.33. The number of carboxylic acid groups (broad SMARTS) is 1. The number of thiophene rings is 1. The van der Waals surface area contributed by atoms with Crippen molar-refractivity contribution in [1.82, 2.24) is 5.32 Å². The number of methoxy groups -OCH3 is 1. The van der Waals surface area contributed by atoms with Crippen molar-refractivity contribution in [1.29, 1.82) is 0 Å². The Hall–Kier alpha value is -2.79. The van der Waals surface area contributed by atoms with Gasteiger partial charge in [-0.25, -0.2) is 13.2 Å². The Morgan fingerprint density at radius 2 is 1.93 bits per heavy atom. The first kappa shape index (κ1) is 23.5. The second-order valence-electron chi connectivity index (χ2n) is 6.54. The molecule has 11 heteroatoms. The van der Waals surface area contributed by atoms with Gasteiger partial charge in [0.15, 0.2) is 11.5 Å². The number of nitrogen functional groups attached to an aromatic ring is 1. The molecule has 164 valence electrons. The van der Waals surface area contributed by atoms with Crippen LogP contribution >= 0.6 is 11.3 Å². The van der Waals surface area contributed by atoms with Gasteiger partial charge in [0.1, 0.15) is 9.84 Å². The predicted molar refractivity (Wildman–Crippen MR) is 115 cm³/mol. The number of ether oxygens (including phenoxy) is 2. The lowest BCUT2D eigenvalue weighted by Gasteiger charge is -2.20. The van der Waals surface area contributed by atoms with Gasteiger partial charge in [0, 0.05) is 11.1 Å². The molecule has 0 spiro atoms. The zero-order valence-corrected chi connectivity index (χ0v) is 18.6. The Kier molecular flexibility index (Phi) is 7.32. The van der Waals surface area contributed by atoms with Crippen molar-refractivity contribution in [2.24, 2.45) is 0 Å². The number of anilines is 1. The number of amides is 1. The molecular formula is C19H24N2O7S2. The number of carboxylic acids is 1. The summed E-state index contributed by atoms with van der Waals surface area (Å²) in [4.78, 5) is 24.9. The van der Waals surface area contributed by atoms with Gasteiger partial charge in [-0.1, -0.05) is 6.07 Å². The zero-order valence-electron chi connectivity index (χ0n) is 17.0. The maximum atomic E-state index is 12.9. The highest BCUT2D eigenvalue weighted by Gasteiger charge is 2.28. The average molecular weight is 457 g/mol. The fourth-order valence-electron chi connectivity index (χ4n) is 2.98. The molecule has 30 heavy (non-hydrogen) atoms. The lowest BCUT2D eigenvalue weighted by atomic mass is 10.1. The molecule has 0 radical (unpaired) electrons. The first-order valence-electron chi connectivity index (χ1n) is 8.89. The molecular weight excluding hydrogens is 432 g/mol. The van der Waals surface area contributed by atoms with Crippen LogP contribution in [0, 0.1) is 6.92 Å². The maximum absolute atomic E-state index is 12.9. The number of hydrogen-bond donors (Lipinski definition) is 3. The van der Waals surface area contributed by atoms with E-state index in [1.165, 1.54) is 7.11 Å². The molecule has 1 amide bonds. The van der Waals surface area contributed by atoms with Crippen LogP contribution in [0.3, 0.4) is 0 Å². The van der Waals surface area contributed by atoms with Crippen LogP contribution in [0.5, 0.6) is 11.5 Å². The van der Waals surface area contributed by atoms with E-state index >= 15 is 0 Å². The van der Waals surface area contributed by atoms with Crippen LogP contribution in [-0.2, 0) is 9.84 Å². The van der Waals surface area contributed by atoms with Gasteiger partial charge in [0.25, 0.3) is 5.91 Å². The molecule has 4 N–H and O–H groups in total. The molecule has 1 aromatic heterocycles. The van der Waals surface area contributed by atoms with Crippen molar-refractivity contribution < 1.29 is 32.6 Å². The van der Waals surface area contributed by atoms with Crippen molar-refractivity contribution in [3.8, 4) is 11.5 Å². The summed E-state index contributed by atoms with van der Waals surface area (Å²) >= 11 is 0.984. The van der Waals surface area contributed by atoms with E-state index in [-0.39, 0.29) is 16.1 Å². The zero-order chi connectivity index (χ0) is 22.6. The summed E-state index contributed by atoms with van der Waals surface area (Å²) in [7, 11) is -2.03. The number of benzene rings is 1. The molecule has 0 aliphatic heterocycles. The number of aryl methyl sites for hydroxylation is 1. The maximum Gasteiger partial charge on any atom is 0.337 e. The van der Waals surface area contributed by atoms with E-state index < -0.39 is 33.5 Å². The van der Waals surface area contributed by atoms with Gasteiger partial charge < -0.3 is 25.6 Å². The third-order valence-electron chi connectivity index (χ3n) is 4.22.